The summed E-state index contributed by atoms with van der Waals surface area (Å²) in [6.07, 6.45) is 1.06. The smallest absolute Gasteiger partial charge is 0.0892 e. The Morgan fingerprint density at radius 2 is 1.16 bits per heavy atom. The Hall–Kier alpha value is -2.86. The maximum atomic E-state index is 4.50. The highest BCUT2D eigenvalue weighted by Gasteiger charge is 2.29. The highest BCUT2D eigenvalue weighted by Crippen LogP contribution is 2.58. The van der Waals surface area contributed by atoms with Gasteiger partial charge in [0, 0.05) is 104 Å². The van der Waals surface area contributed by atoms with E-state index < -0.39 is 0 Å². The minimum absolute atomic E-state index is 0.479. The van der Waals surface area contributed by atoms with Gasteiger partial charge in [-0.25, -0.2) is 0 Å². The van der Waals surface area contributed by atoms with Gasteiger partial charge in [-0.05, 0) is 107 Å². The molecule has 3 N–H and O–H groups in total. The van der Waals surface area contributed by atoms with Gasteiger partial charge in [0.15, 0.2) is 0 Å². The lowest BCUT2D eigenvalue weighted by Crippen LogP contribution is -1.99. The fourth-order valence-corrected chi connectivity index (χ4v) is 13.0. The molecule has 6 aromatic heterocycles. The zero-order valence-electron chi connectivity index (χ0n) is 37.6. The van der Waals surface area contributed by atoms with Gasteiger partial charge < -0.3 is 16.0 Å². The first kappa shape index (κ1) is 47.8. The van der Waals surface area contributed by atoms with Crippen LogP contribution in [0.4, 0.5) is 5.00 Å². The summed E-state index contributed by atoms with van der Waals surface area (Å²) in [4.78, 5) is 9.02. The highest BCUT2D eigenvalue weighted by atomic mass is 32.1. The number of benzene rings is 3. The van der Waals surface area contributed by atoms with E-state index in [9.17, 15) is 0 Å². The van der Waals surface area contributed by atoms with E-state index in [1.165, 1.54) is 109 Å². The number of aryl methyl sites for hydroxylation is 2. The number of nitrogens with one attached hydrogen (secondary N) is 1. The van der Waals surface area contributed by atoms with Crippen LogP contribution in [0.2, 0.25) is 0 Å². The lowest BCUT2D eigenvalue weighted by Gasteiger charge is -2.19. The fraction of sp³-hybridized carbons (Fsp3) is 0.388. The van der Waals surface area contributed by atoms with Gasteiger partial charge in [0.2, 0.25) is 0 Å². The molecule has 3 aromatic carbocycles. The molecule has 0 saturated carbocycles. The number of hydrogen-bond acceptors (Lipinski definition) is 9. The van der Waals surface area contributed by atoms with Crippen molar-refractivity contribution >= 4 is 135 Å². The third-order valence-corrected chi connectivity index (χ3v) is 15.6. The van der Waals surface area contributed by atoms with Crippen molar-refractivity contribution in [1.29, 1.82) is 0 Å². The molecule has 0 aliphatic heterocycles. The second-order valence-corrected chi connectivity index (χ2v) is 21.3. The molecule has 0 amide bonds. The van der Waals surface area contributed by atoms with Crippen LogP contribution in [-0.4, -0.2) is 40.1 Å². The first-order valence-corrected chi connectivity index (χ1v) is 25.7. The van der Waals surface area contributed by atoms with E-state index in [-0.39, 0.29) is 0 Å². The van der Waals surface area contributed by atoms with Crippen LogP contribution in [0.25, 0.3) is 82.8 Å². The summed E-state index contributed by atoms with van der Waals surface area (Å²) in [5, 5.41) is 20.6. The lowest BCUT2D eigenvalue weighted by molar-refractivity contribution is 0.505. The normalized spacial score (nSPS) is 11.0. The highest BCUT2D eigenvalue weighted by molar-refractivity contribution is 7.26. The number of hydrogen-bond donors (Lipinski definition) is 2. The summed E-state index contributed by atoms with van der Waals surface area (Å²) in [5.41, 5.74) is 7.35. The van der Waals surface area contributed by atoms with Crippen molar-refractivity contribution in [2.24, 2.45) is 11.7 Å². The molecular formula is C49H65N3S6. The molecule has 0 fully saturated rings. The first-order chi connectivity index (χ1) is 27.9. The number of rotatable bonds is 5. The van der Waals surface area contributed by atoms with Crippen LogP contribution in [0.15, 0.2) is 59.3 Å². The first-order valence-electron chi connectivity index (χ1n) is 20.6. The van der Waals surface area contributed by atoms with Gasteiger partial charge >= 0.3 is 0 Å². The molecule has 0 atom stereocenters. The molecule has 9 rings (SSSR count). The predicted octanol–water partition coefficient (Wildman–Crippen LogP) is 17.8. The summed E-state index contributed by atoms with van der Waals surface area (Å²) in [7, 11) is 9.56. The van der Waals surface area contributed by atoms with E-state index in [4.69, 9.17) is 0 Å². The molecule has 0 radical (unpaired) electrons. The fourth-order valence-electron chi connectivity index (χ4n) is 6.87. The summed E-state index contributed by atoms with van der Waals surface area (Å²) in [6.45, 7) is 23.7. The Balaban J connectivity index is 0.000000473. The van der Waals surface area contributed by atoms with Crippen molar-refractivity contribution < 1.29 is 0 Å². The molecule has 58 heavy (non-hydrogen) atoms. The van der Waals surface area contributed by atoms with Gasteiger partial charge in [-0.15, -0.1) is 68.0 Å². The Morgan fingerprint density at radius 3 is 1.69 bits per heavy atom. The number of fused-ring (bicyclic) bond motifs is 12. The quantitative estimate of drug-likeness (QED) is 0.169. The van der Waals surface area contributed by atoms with Gasteiger partial charge in [-0.3, -0.25) is 0 Å². The molecule has 0 spiro atoms. The van der Waals surface area contributed by atoms with Gasteiger partial charge in [0.05, 0.1) is 5.00 Å². The monoisotopic (exact) mass is 887 g/mol. The molecular weight excluding hydrogens is 823 g/mol. The van der Waals surface area contributed by atoms with Crippen LogP contribution in [-0.2, 0) is 6.42 Å². The van der Waals surface area contributed by atoms with E-state index in [2.05, 4.69) is 126 Å². The Kier molecular flexibility index (Phi) is 17.8. The molecule has 312 valence electrons. The second kappa shape index (κ2) is 21.6. The van der Waals surface area contributed by atoms with Crippen molar-refractivity contribution in [3.05, 3.63) is 73.9 Å². The van der Waals surface area contributed by atoms with Crippen molar-refractivity contribution in [2.75, 3.05) is 40.6 Å². The SMILES string of the molecule is CC.CC.CC(C)C.CCc1ccc(-c2c3c4sccc4c4cc(C)sc4c3c(-c3cccs3)c3c4sc(C(C)C)cc4c4cc(NC)sc4c23)s1.CN.CN(C)C. The van der Waals surface area contributed by atoms with Gasteiger partial charge in [0.25, 0.3) is 0 Å². The maximum absolute atomic E-state index is 4.50. The molecule has 9 heteroatoms. The van der Waals surface area contributed by atoms with E-state index in [0.717, 1.165) is 12.3 Å². The molecule has 0 unspecified atom stereocenters. The van der Waals surface area contributed by atoms with Gasteiger partial charge in [0.1, 0.15) is 0 Å². The summed E-state index contributed by atoms with van der Waals surface area (Å²) in [5.74, 6) is 1.31. The van der Waals surface area contributed by atoms with Crippen LogP contribution in [0.1, 0.15) is 89.8 Å². The third-order valence-electron chi connectivity index (χ3n) is 8.83. The molecule has 0 aliphatic rings. The van der Waals surface area contributed by atoms with E-state index in [1.54, 1.807) is 0 Å². The second-order valence-electron chi connectivity index (χ2n) is 14.8. The number of thiophene rings is 6. The van der Waals surface area contributed by atoms with E-state index in [0.29, 0.717) is 5.92 Å². The maximum Gasteiger partial charge on any atom is 0.0892 e. The molecule has 3 nitrogen and oxygen atoms in total. The van der Waals surface area contributed by atoms with Crippen molar-refractivity contribution in [3.8, 4) is 20.9 Å². The standard InChI is InChI=1S/C37H29NS6.C4H10.C3H9N.2C2H6.CH5N/c1-6-19-9-10-25(42-19)29-30-31(35-21(14-18(4)41-35)20-11-13-40-34(20)30)28(24-8-7-12-39-24)32-33(29)37-23(16-27(38-5)44-37)22-15-26(17(2)3)43-36(22)32;2*1-4(2)3;3*1-2/h7-17,38H,6H2,1-5H3;4H,1-3H3;1-3H3;2*1-2H3;2H2,1H3. The molecule has 0 saturated heterocycles. The average molecular weight is 888 g/mol. The summed E-state index contributed by atoms with van der Waals surface area (Å²) < 4.78 is 5.68. The number of anilines is 1. The Bertz CT molecular complexity index is 2660. The van der Waals surface area contributed by atoms with Crippen molar-refractivity contribution in [2.45, 2.75) is 88.5 Å². The van der Waals surface area contributed by atoms with Crippen molar-refractivity contribution in [3.63, 3.8) is 0 Å². The molecule has 0 aliphatic carbocycles. The van der Waals surface area contributed by atoms with Crippen LogP contribution in [0.3, 0.4) is 0 Å². The minimum atomic E-state index is 0.479. The van der Waals surface area contributed by atoms with Crippen LogP contribution in [0.5, 0.6) is 0 Å². The third kappa shape index (κ3) is 9.53. The van der Waals surface area contributed by atoms with Gasteiger partial charge in [-0.2, -0.15) is 0 Å². The Labute approximate surface area is 372 Å². The average Bonchev–Trinajstić information content (AvgIpc) is 4.06. The molecule has 0 bridgehead atoms. The van der Waals surface area contributed by atoms with Crippen molar-refractivity contribution in [1.82, 2.24) is 4.90 Å². The number of nitrogens with zero attached hydrogens (tertiary/aromatic N) is 1. The zero-order chi connectivity index (χ0) is 43.0. The van der Waals surface area contributed by atoms with Crippen LogP contribution < -0.4 is 11.1 Å². The molecule has 6 heterocycles. The molecule has 9 aromatic rings. The van der Waals surface area contributed by atoms with Crippen LogP contribution >= 0.6 is 68.0 Å². The largest absolute Gasteiger partial charge is 0.380 e. The van der Waals surface area contributed by atoms with E-state index >= 15 is 0 Å². The Morgan fingerprint density at radius 1 is 0.621 bits per heavy atom. The summed E-state index contributed by atoms with van der Waals surface area (Å²) in [6, 6.07) is 19.0. The zero-order valence-corrected chi connectivity index (χ0v) is 42.5. The number of nitrogens with two attached hydrogens (primary N) is 1. The van der Waals surface area contributed by atoms with Crippen LogP contribution in [0, 0.1) is 12.8 Å². The lowest BCUT2D eigenvalue weighted by atomic mass is 9.87. The van der Waals surface area contributed by atoms with E-state index in [1.807, 2.05) is 122 Å². The topological polar surface area (TPSA) is 41.3 Å². The summed E-state index contributed by atoms with van der Waals surface area (Å²) >= 11 is 11.7. The predicted molar refractivity (Wildman–Crippen MR) is 280 cm³/mol. The minimum Gasteiger partial charge on any atom is -0.380 e. The van der Waals surface area contributed by atoms with Gasteiger partial charge in [-0.1, -0.05) is 75.3 Å².